The zero-order valence-corrected chi connectivity index (χ0v) is 48.0. The van der Waals surface area contributed by atoms with Crippen molar-refractivity contribution in [1.29, 1.82) is 0 Å². The number of ether oxygens (including phenoxy) is 1. The first-order valence-corrected chi connectivity index (χ1v) is 30.1. The van der Waals surface area contributed by atoms with Crippen molar-refractivity contribution in [3.63, 3.8) is 0 Å². The van der Waals surface area contributed by atoms with Crippen molar-refractivity contribution in [3.8, 4) is 39.6 Å². The molecule has 0 amide bonds. The van der Waals surface area contributed by atoms with E-state index in [2.05, 4.69) is 323 Å². The average molecular weight is 1070 g/mol. The second-order valence-corrected chi connectivity index (χ2v) is 27.3. The van der Waals surface area contributed by atoms with E-state index in [-0.39, 0.29) is 10.8 Å². The highest BCUT2D eigenvalue weighted by Gasteiger charge is 2.42. The van der Waals surface area contributed by atoms with Crippen molar-refractivity contribution in [3.05, 3.63) is 278 Å². The molecule has 0 atom stereocenters. The summed E-state index contributed by atoms with van der Waals surface area (Å²) in [5.41, 5.74) is 14.5. The molecule has 0 saturated carbocycles. The molecule has 0 spiro atoms. The number of pyridine rings is 1. The Labute approximate surface area is 476 Å². The van der Waals surface area contributed by atoms with Gasteiger partial charge in [-0.15, -0.1) is 0 Å². The molecule has 392 valence electrons. The van der Waals surface area contributed by atoms with Crippen LogP contribution in [-0.4, -0.2) is 23.6 Å². The average Bonchev–Trinajstić information content (AvgIpc) is 4.11. The molecule has 0 saturated heterocycles. The van der Waals surface area contributed by atoms with Gasteiger partial charge in [0.15, 0.2) is 8.07 Å². The number of fused-ring (bicyclic) bond motifs is 4. The Bertz CT molecular complexity index is 4350. The molecule has 0 fully saturated rings. The number of nitrogens with zero attached hydrogens (tertiary/aromatic N) is 4. The van der Waals surface area contributed by atoms with Gasteiger partial charge in [0.05, 0.1) is 22.7 Å². The highest BCUT2D eigenvalue weighted by molar-refractivity contribution is 7.19. The Balaban J connectivity index is 0.877. The van der Waals surface area contributed by atoms with Crippen LogP contribution in [0.5, 0.6) is 11.5 Å². The van der Waals surface area contributed by atoms with Gasteiger partial charge in [-0.2, -0.15) is 0 Å². The van der Waals surface area contributed by atoms with Crippen LogP contribution in [0, 0.1) is 6.92 Å². The van der Waals surface area contributed by atoms with E-state index in [9.17, 15) is 0 Å². The molecule has 0 aliphatic carbocycles. The van der Waals surface area contributed by atoms with Gasteiger partial charge in [0.1, 0.15) is 17.3 Å². The highest BCUT2D eigenvalue weighted by atomic mass is 28.3. The Hall–Kier alpha value is -9.45. The summed E-state index contributed by atoms with van der Waals surface area (Å²) in [6, 6.07) is 96.4. The molecule has 5 nitrogen and oxygen atoms in total. The highest BCUT2D eigenvalue weighted by Crippen LogP contribution is 2.45. The lowest BCUT2D eigenvalue weighted by Crippen LogP contribution is -2.74. The number of aryl methyl sites for hydroxylation is 1. The molecule has 12 aromatic rings. The molecule has 1 aliphatic heterocycles. The lowest BCUT2D eigenvalue weighted by molar-refractivity contribution is 0.483. The van der Waals surface area contributed by atoms with Crippen LogP contribution in [0.25, 0.3) is 49.9 Å². The fraction of sp³-hybridized carbons (Fsp3) is 0.120. The monoisotopic (exact) mass is 1060 g/mol. The van der Waals surface area contributed by atoms with Gasteiger partial charge in [-0.1, -0.05) is 224 Å². The van der Waals surface area contributed by atoms with Gasteiger partial charge >= 0.3 is 11.7 Å². The van der Waals surface area contributed by atoms with E-state index < -0.39 is 8.07 Å². The molecular formula is C75H64N4OSi+2. The van der Waals surface area contributed by atoms with Crippen molar-refractivity contribution in [2.24, 2.45) is 0 Å². The van der Waals surface area contributed by atoms with E-state index in [0.717, 1.165) is 84.1 Å². The Kier molecular flexibility index (Phi) is 12.8. The molecule has 13 rings (SSSR count). The summed E-state index contributed by atoms with van der Waals surface area (Å²) in [6.07, 6.45) is 2.06. The molecule has 6 heteroatoms. The predicted octanol–water partition coefficient (Wildman–Crippen LogP) is 16.4. The molecule has 0 unspecified atom stereocenters. The third-order valence-electron chi connectivity index (χ3n) is 16.2. The first-order valence-electron chi connectivity index (χ1n) is 28.1. The molecule has 0 bridgehead atoms. The maximum Gasteiger partial charge on any atom is 0.503 e. The van der Waals surface area contributed by atoms with Gasteiger partial charge in [-0.25, -0.2) is 4.98 Å². The van der Waals surface area contributed by atoms with Crippen LogP contribution < -0.4 is 34.6 Å². The van der Waals surface area contributed by atoms with Gasteiger partial charge < -0.3 is 4.74 Å². The number of para-hydroxylation sites is 2. The van der Waals surface area contributed by atoms with Crippen molar-refractivity contribution in [2.75, 3.05) is 0 Å². The quantitative estimate of drug-likeness (QED) is 0.0735. The van der Waals surface area contributed by atoms with Crippen LogP contribution in [0.3, 0.4) is 0 Å². The van der Waals surface area contributed by atoms with E-state index >= 15 is 0 Å². The number of hydrogen-bond donors (Lipinski definition) is 0. The van der Waals surface area contributed by atoms with Crippen LogP contribution in [-0.2, 0) is 10.8 Å². The van der Waals surface area contributed by atoms with E-state index in [1.165, 1.54) is 37.4 Å². The first kappa shape index (κ1) is 51.0. The fourth-order valence-corrected chi connectivity index (χ4v) is 16.9. The van der Waals surface area contributed by atoms with Crippen LogP contribution in [0.15, 0.2) is 261 Å². The van der Waals surface area contributed by atoms with E-state index in [4.69, 9.17) is 9.72 Å². The predicted molar refractivity (Wildman–Crippen MR) is 343 cm³/mol. The molecule has 0 radical (unpaired) electrons. The van der Waals surface area contributed by atoms with Crippen molar-refractivity contribution in [2.45, 2.75) is 59.3 Å². The zero-order valence-electron chi connectivity index (χ0n) is 47.0. The van der Waals surface area contributed by atoms with Gasteiger partial charge in [-0.3, -0.25) is 4.57 Å². The van der Waals surface area contributed by atoms with E-state index in [1.807, 2.05) is 6.07 Å². The standard InChI is InChI=1S/C75H64N4OSi/c1-52-44-72(76-50-68(52)54-25-20-37-64(46-54)81(61-31-11-8-12-32-61,62-33-13-9-14-34-62)63-35-15-10-16-36-63)79-69-40-18-17-38-66(69)67-43-42-60(49-71(67)79)80-59-30-22-29-58(48-59)77-51-78(57-28-21-27-56(47-57)75(5,6)7)73-65(39-23-41-70(73)77)53-24-19-26-55(45-53)74(2,3)4/h8-50H,1-7H3/q+2. The number of aromatic nitrogens is 2. The normalized spacial score (nSPS) is 12.6. The van der Waals surface area contributed by atoms with Crippen LogP contribution in [0.2, 0.25) is 0 Å². The Morgan fingerprint density at radius 3 is 1.64 bits per heavy atom. The summed E-state index contributed by atoms with van der Waals surface area (Å²) in [7, 11) is -2.74. The molecule has 1 aliphatic rings. The second-order valence-electron chi connectivity index (χ2n) is 23.5. The van der Waals surface area contributed by atoms with Gasteiger partial charge in [0.25, 0.3) is 5.69 Å². The zero-order chi connectivity index (χ0) is 55.5. The van der Waals surface area contributed by atoms with Crippen molar-refractivity contribution < 1.29 is 4.74 Å². The maximum absolute atomic E-state index is 6.90. The van der Waals surface area contributed by atoms with Crippen LogP contribution >= 0.6 is 0 Å². The number of benzene rings is 10. The summed E-state index contributed by atoms with van der Waals surface area (Å²) >= 11 is 0. The van der Waals surface area contributed by atoms with Gasteiger partial charge in [-0.05, 0) is 112 Å². The van der Waals surface area contributed by atoms with Crippen LogP contribution in [0.4, 0.5) is 22.7 Å². The fourth-order valence-electron chi connectivity index (χ4n) is 12.1. The minimum Gasteiger partial charge on any atom is -0.457 e. The SMILES string of the molecule is Cc1cc(-n2c3ccccc3c3ccc(Oc4cccc([N+]5=C=[N+](c6cccc(C(C)(C)C)c6)c6c(-c7cccc(C(C)(C)C)c7)cccc65)c4)cc32)ncc1-c1cccc([Si](c2ccccc2)(c2ccccc2)c2ccccc2)c1. The molecule has 2 aromatic heterocycles. The first-order chi connectivity index (χ1) is 39.3. The minimum atomic E-state index is -2.74. The topological polar surface area (TPSA) is 33.1 Å². The number of hydrogen-bond acceptors (Lipinski definition) is 2. The lowest BCUT2D eigenvalue weighted by atomic mass is 9.85. The molecule has 10 aromatic carbocycles. The smallest absolute Gasteiger partial charge is 0.457 e. The summed E-state index contributed by atoms with van der Waals surface area (Å²) in [4.78, 5) is 5.31. The molecule has 3 heterocycles. The summed E-state index contributed by atoms with van der Waals surface area (Å²) in [6.45, 7) is 15.8. The summed E-state index contributed by atoms with van der Waals surface area (Å²) in [5, 5.41) is 7.65. The molecule has 81 heavy (non-hydrogen) atoms. The summed E-state index contributed by atoms with van der Waals surface area (Å²) in [5.74, 6) is 2.30. The molecular weight excluding hydrogens is 1000 g/mol. The third kappa shape index (κ3) is 9.23. The summed E-state index contributed by atoms with van der Waals surface area (Å²) < 4.78 is 13.6. The molecule has 0 N–H and O–H groups in total. The minimum absolute atomic E-state index is 0.00233. The Morgan fingerprint density at radius 1 is 0.432 bits per heavy atom. The van der Waals surface area contributed by atoms with Crippen molar-refractivity contribution >= 4 is 79.4 Å². The Morgan fingerprint density at radius 2 is 0.975 bits per heavy atom. The largest absolute Gasteiger partial charge is 0.503 e. The lowest BCUT2D eigenvalue weighted by Gasteiger charge is -2.34. The number of rotatable bonds is 11. The second kappa shape index (κ2) is 20.3. The van der Waals surface area contributed by atoms with Crippen LogP contribution in [0.1, 0.15) is 58.2 Å². The maximum atomic E-state index is 6.90. The van der Waals surface area contributed by atoms with E-state index in [1.54, 1.807) is 0 Å². The van der Waals surface area contributed by atoms with E-state index in [0.29, 0.717) is 0 Å². The van der Waals surface area contributed by atoms with Gasteiger partial charge in [0, 0.05) is 52.9 Å². The van der Waals surface area contributed by atoms with Crippen molar-refractivity contribution in [1.82, 2.24) is 18.7 Å². The van der Waals surface area contributed by atoms with Gasteiger partial charge in [0.2, 0.25) is 11.4 Å². The third-order valence-corrected chi connectivity index (χ3v) is 21.0.